The van der Waals surface area contributed by atoms with Crippen molar-refractivity contribution < 1.29 is 29.8 Å². The van der Waals surface area contributed by atoms with Crippen LogP contribution in [0.2, 0.25) is 0 Å². The van der Waals surface area contributed by atoms with Crippen LogP contribution in [0.3, 0.4) is 0 Å². The number of carbonyl (C=O) groups is 1. The molecule has 1 amide bonds. The molecular formula is C12H19N3O7. The zero-order chi connectivity index (χ0) is 17.2. The highest BCUT2D eigenvalue weighted by Gasteiger charge is 2.20. The molecule has 0 saturated heterocycles. The summed E-state index contributed by atoms with van der Waals surface area (Å²) in [5.74, 6) is 0. The lowest BCUT2D eigenvalue weighted by Crippen LogP contribution is -2.50. The Bertz CT molecular complexity index is 483. The zero-order valence-corrected chi connectivity index (χ0v) is 11.7. The Labute approximate surface area is 126 Å². The summed E-state index contributed by atoms with van der Waals surface area (Å²) in [4.78, 5) is 20.2. The van der Waals surface area contributed by atoms with Crippen LogP contribution in [0.25, 0.3) is 0 Å². The molecule has 0 aliphatic heterocycles. The summed E-state index contributed by atoms with van der Waals surface area (Å²) in [5, 5.41) is 35.5. The summed E-state index contributed by atoms with van der Waals surface area (Å²) in [6, 6.07) is 5.99. The molecule has 0 aliphatic rings. The van der Waals surface area contributed by atoms with E-state index in [4.69, 9.17) is 26.8 Å². The summed E-state index contributed by atoms with van der Waals surface area (Å²) in [5.41, 5.74) is 8.90. The van der Waals surface area contributed by atoms with Crippen molar-refractivity contribution in [1.29, 1.82) is 0 Å². The number of aliphatic hydroxyl groups excluding tert-OH is 3. The number of hydrogen-bond donors (Lipinski definition) is 5. The van der Waals surface area contributed by atoms with E-state index in [-0.39, 0.29) is 12.3 Å². The smallest absolute Gasteiger partial charge is 0.404 e. The van der Waals surface area contributed by atoms with Crippen LogP contribution in [0.1, 0.15) is 5.56 Å². The molecule has 1 aromatic carbocycles. The van der Waals surface area contributed by atoms with Gasteiger partial charge in [-0.25, -0.2) is 4.79 Å². The van der Waals surface area contributed by atoms with Crippen molar-refractivity contribution in [2.24, 2.45) is 11.5 Å². The minimum Gasteiger partial charge on any atom is -0.445 e. The molecule has 124 valence electrons. The second-order valence-electron chi connectivity index (χ2n) is 4.33. The third-order valence-electron chi connectivity index (χ3n) is 2.50. The number of nitro groups is 1. The van der Waals surface area contributed by atoms with Crippen LogP contribution >= 0.6 is 0 Å². The predicted molar refractivity (Wildman–Crippen MR) is 75.6 cm³/mol. The molecule has 0 bridgehead atoms. The second kappa shape index (κ2) is 9.63. The van der Waals surface area contributed by atoms with Crippen LogP contribution in [0, 0.1) is 10.1 Å². The van der Waals surface area contributed by atoms with E-state index in [1.807, 2.05) is 0 Å². The maximum absolute atomic E-state index is 10.5. The van der Waals surface area contributed by atoms with Gasteiger partial charge in [0.1, 0.15) is 6.61 Å². The van der Waals surface area contributed by atoms with Gasteiger partial charge in [-0.3, -0.25) is 10.1 Å². The summed E-state index contributed by atoms with van der Waals surface area (Å²) in [7, 11) is 0. The maximum Gasteiger partial charge on any atom is 0.404 e. The number of nitrogens with zero attached hydrogens (tertiary/aromatic N) is 1. The number of carbonyl (C=O) groups excluding carboxylic acids is 1. The molecule has 0 heterocycles. The molecule has 22 heavy (non-hydrogen) atoms. The Hall–Kier alpha value is -2.27. The fraction of sp³-hybridized carbons (Fsp3) is 0.417. The molecule has 0 aromatic heterocycles. The van der Waals surface area contributed by atoms with Gasteiger partial charge in [-0.1, -0.05) is 12.1 Å². The van der Waals surface area contributed by atoms with Gasteiger partial charge in [0, 0.05) is 6.07 Å². The highest BCUT2D eigenvalue weighted by molar-refractivity contribution is 5.64. The van der Waals surface area contributed by atoms with Crippen molar-refractivity contribution in [2.45, 2.75) is 12.1 Å². The van der Waals surface area contributed by atoms with Gasteiger partial charge in [-0.2, -0.15) is 0 Å². The van der Waals surface area contributed by atoms with E-state index in [9.17, 15) is 14.9 Å². The molecule has 0 fully saturated rings. The molecule has 0 spiro atoms. The SMILES string of the molecule is NC(=O)OCc1ccccc1[N+](=O)[O-].NC(CO)(CO)CO. The molecule has 0 saturated carbocycles. The average Bonchev–Trinajstić information content (AvgIpc) is 2.53. The number of benzene rings is 1. The van der Waals surface area contributed by atoms with Gasteiger partial charge in [-0.15, -0.1) is 0 Å². The lowest BCUT2D eigenvalue weighted by molar-refractivity contribution is -0.385. The Kier molecular flexibility index (Phi) is 8.63. The van der Waals surface area contributed by atoms with E-state index in [2.05, 4.69) is 4.74 Å². The van der Waals surface area contributed by atoms with Gasteiger partial charge in [0.15, 0.2) is 0 Å². The topological polar surface area (TPSA) is 182 Å². The molecule has 10 heteroatoms. The quantitative estimate of drug-likeness (QED) is 0.322. The van der Waals surface area contributed by atoms with Crippen LogP contribution in [-0.2, 0) is 11.3 Å². The Morgan fingerprint density at radius 3 is 2.09 bits per heavy atom. The average molecular weight is 317 g/mol. The number of nitro benzene ring substituents is 1. The largest absolute Gasteiger partial charge is 0.445 e. The number of hydrogen-bond acceptors (Lipinski definition) is 8. The van der Waals surface area contributed by atoms with Crippen molar-refractivity contribution in [3.63, 3.8) is 0 Å². The fourth-order valence-electron chi connectivity index (χ4n) is 1.11. The number of aliphatic hydroxyl groups is 3. The van der Waals surface area contributed by atoms with Crippen molar-refractivity contribution >= 4 is 11.8 Å². The Balaban J connectivity index is 0.000000472. The summed E-state index contributed by atoms with van der Waals surface area (Å²) < 4.78 is 4.45. The number of nitrogens with two attached hydrogens (primary N) is 2. The third-order valence-corrected chi connectivity index (χ3v) is 2.50. The minimum absolute atomic E-state index is 0.0891. The van der Waals surface area contributed by atoms with Crippen molar-refractivity contribution in [3.05, 3.63) is 39.9 Å². The molecule has 0 atom stereocenters. The number of amides is 1. The maximum atomic E-state index is 10.5. The van der Waals surface area contributed by atoms with Gasteiger partial charge in [-0.05, 0) is 6.07 Å². The van der Waals surface area contributed by atoms with Crippen LogP contribution < -0.4 is 11.5 Å². The van der Waals surface area contributed by atoms with Crippen LogP contribution in [0.4, 0.5) is 10.5 Å². The lowest BCUT2D eigenvalue weighted by atomic mass is 10.1. The first-order chi connectivity index (χ1) is 10.3. The Morgan fingerprint density at radius 1 is 1.23 bits per heavy atom. The van der Waals surface area contributed by atoms with E-state index in [0.717, 1.165) is 0 Å². The number of primary amides is 1. The van der Waals surface area contributed by atoms with Gasteiger partial charge >= 0.3 is 6.09 Å². The van der Waals surface area contributed by atoms with Crippen molar-refractivity contribution in [2.75, 3.05) is 19.8 Å². The molecule has 1 rings (SSSR count). The van der Waals surface area contributed by atoms with E-state index in [0.29, 0.717) is 5.56 Å². The molecule has 1 aromatic rings. The van der Waals surface area contributed by atoms with Gasteiger partial charge in [0.05, 0.1) is 35.8 Å². The first kappa shape index (κ1) is 19.7. The molecule has 0 unspecified atom stereocenters. The predicted octanol–water partition coefficient (Wildman–Crippen LogP) is -1.15. The van der Waals surface area contributed by atoms with E-state index in [1.165, 1.54) is 18.2 Å². The number of rotatable bonds is 6. The second-order valence-corrected chi connectivity index (χ2v) is 4.33. The van der Waals surface area contributed by atoms with Crippen molar-refractivity contribution in [1.82, 2.24) is 0 Å². The normalized spacial score (nSPS) is 10.4. The highest BCUT2D eigenvalue weighted by Crippen LogP contribution is 2.18. The first-order valence-electron chi connectivity index (χ1n) is 6.05. The fourth-order valence-corrected chi connectivity index (χ4v) is 1.11. The summed E-state index contributed by atoms with van der Waals surface area (Å²) in [6.07, 6.45) is -0.955. The molecule has 10 nitrogen and oxygen atoms in total. The van der Waals surface area contributed by atoms with Gasteiger partial charge < -0.3 is 31.5 Å². The van der Waals surface area contributed by atoms with Gasteiger partial charge in [0.25, 0.3) is 5.69 Å². The summed E-state index contributed by atoms with van der Waals surface area (Å²) in [6.45, 7) is -1.40. The van der Waals surface area contributed by atoms with E-state index in [1.54, 1.807) is 6.07 Å². The first-order valence-corrected chi connectivity index (χ1v) is 6.05. The standard InChI is InChI=1S/C8H8N2O4.C4H11NO3/c9-8(11)14-5-6-3-1-2-4-7(6)10(12)13;5-4(1-6,2-7)3-8/h1-4H,5H2,(H2,9,11);6-8H,1-3,5H2. The van der Waals surface area contributed by atoms with Gasteiger partial charge in [0.2, 0.25) is 0 Å². The van der Waals surface area contributed by atoms with Crippen molar-refractivity contribution in [3.8, 4) is 0 Å². The highest BCUT2D eigenvalue weighted by atomic mass is 16.6. The molecule has 0 radical (unpaired) electrons. The minimum atomic E-state index is -1.21. The van der Waals surface area contributed by atoms with E-state index >= 15 is 0 Å². The van der Waals surface area contributed by atoms with E-state index < -0.39 is 36.4 Å². The lowest BCUT2D eigenvalue weighted by Gasteiger charge is -2.20. The summed E-state index contributed by atoms with van der Waals surface area (Å²) >= 11 is 0. The molecule has 0 aliphatic carbocycles. The third kappa shape index (κ3) is 6.95. The van der Waals surface area contributed by atoms with Crippen LogP contribution in [0.15, 0.2) is 24.3 Å². The molecule has 7 N–H and O–H groups in total. The number of para-hydroxylation sites is 1. The Morgan fingerprint density at radius 2 is 1.73 bits per heavy atom. The monoisotopic (exact) mass is 317 g/mol. The number of ether oxygens (including phenoxy) is 1. The van der Waals surface area contributed by atoms with Crippen LogP contribution in [0.5, 0.6) is 0 Å². The van der Waals surface area contributed by atoms with Crippen LogP contribution in [-0.4, -0.2) is 51.7 Å². The molecular weight excluding hydrogens is 298 g/mol. The zero-order valence-electron chi connectivity index (χ0n) is 11.7.